The molecule has 2 aliphatic rings. The number of nitrogens with one attached hydrogen (secondary N) is 1. The van der Waals surface area contributed by atoms with Crippen molar-refractivity contribution in [2.75, 3.05) is 0 Å². The molecule has 2 aromatic rings. The Bertz CT molecular complexity index is 720. The molecular formula is C13H10ClFN2S. The van der Waals surface area contributed by atoms with Crippen molar-refractivity contribution < 1.29 is 4.39 Å². The summed E-state index contributed by atoms with van der Waals surface area (Å²) in [6.07, 6.45) is 3.00. The van der Waals surface area contributed by atoms with Crippen LogP contribution in [0.5, 0.6) is 0 Å². The highest BCUT2D eigenvalue weighted by molar-refractivity contribution is 7.71. The minimum Gasteiger partial charge on any atom is -0.337 e. The second kappa shape index (κ2) is 3.25. The molecule has 0 bridgehead atoms. The van der Waals surface area contributed by atoms with E-state index in [1.165, 1.54) is 11.8 Å². The molecule has 1 aliphatic heterocycles. The Morgan fingerprint density at radius 1 is 1.50 bits per heavy atom. The van der Waals surface area contributed by atoms with Crippen molar-refractivity contribution in [1.29, 1.82) is 0 Å². The maximum atomic E-state index is 13.4. The Balaban J connectivity index is 1.86. The highest BCUT2D eigenvalue weighted by atomic mass is 35.5. The van der Waals surface area contributed by atoms with Crippen molar-refractivity contribution in [1.82, 2.24) is 9.55 Å². The van der Waals surface area contributed by atoms with Crippen molar-refractivity contribution in [2.45, 2.75) is 24.3 Å². The Hall–Kier alpha value is -1.13. The van der Waals surface area contributed by atoms with Gasteiger partial charge in [-0.1, -0.05) is 11.6 Å². The van der Waals surface area contributed by atoms with Gasteiger partial charge in [-0.15, -0.1) is 0 Å². The van der Waals surface area contributed by atoms with Crippen LogP contribution in [0.15, 0.2) is 24.4 Å². The molecule has 1 N–H and O–H groups in total. The summed E-state index contributed by atoms with van der Waals surface area (Å²) in [6.45, 7) is 0.804. The molecule has 0 amide bonds. The number of nitrogens with zero attached hydrogens (tertiary/aromatic N) is 1. The average molecular weight is 281 g/mol. The van der Waals surface area contributed by atoms with E-state index in [0.717, 1.165) is 23.3 Å². The number of hydrogen-bond donors (Lipinski definition) is 1. The van der Waals surface area contributed by atoms with Crippen LogP contribution in [0, 0.1) is 10.6 Å². The molecule has 0 radical (unpaired) electrons. The van der Waals surface area contributed by atoms with E-state index in [-0.39, 0.29) is 11.2 Å². The second-order valence-electron chi connectivity index (χ2n) is 5.14. The van der Waals surface area contributed by atoms with Gasteiger partial charge < -0.3 is 9.55 Å². The highest BCUT2D eigenvalue weighted by Crippen LogP contribution is 2.66. The van der Waals surface area contributed by atoms with Gasteiger partial charge in [0.25, 0.3) is 0 Å². The van der Waals surface area contributed by atoms with Crippen molar-refractivity contribution in [3.63, 3.8) is 0 Å². The zero-order valence-electron chi connectivity index (χ0n) is 9.41. The van der Waals surface area contributed by atoms with Crippen molar-refractivity contribution >= 4 is 23.8 Å². The number of aromatic amines is 1. The lowest BCUT2D eigenvalue weighted by Gasteiger charge is -2.15. The predicted octanol–water partition coefficient (Wildman–Crippen LogP) is 3.78. The van der Waals surface area contributed by atoms with Crippen LogP contribution >= 0.6 is 23.8 Å². The molecule has 1 fully saturated rings. The van der Waals surface area contributed by atoms with Crippen LogP contribution in [0.2, 0.25) is 5.02 Å². The first kappa shape index (κ1) is 10.8. The largest absolute Gasteiger partial charge is 0.337 e. The molecular weight excluding hydrogens is 271 g/mol. The smallest absolute Gasteiger partial charge is 0.177 e. The summed E-state index contributed by atoms with van der Waals surface area (Å²) in [4.78, 5) is 3.06. The molecule has 0 spiro atoms. The normalized spacial score (nSPS) is 28.0. The number of rotatable bonds is 1. The van der Waals surface area contributed by atoms with E-state index in [1.807, 2.05) is 6.20 Å². The topological polar surface area (TPSA) is 20.7 Å². The maximum Gasteiger partial charge on any atom is 0.177 e. The first-order chi connectivity index (χ1) is 8.62. The minimum absolute atomic E-state index is 0.0306. The van der Waals surface area contributed by atoms with Crippen LogP contribution in [0.1, 0.15) is 23.6 Å². The van der Waals surface area contributed by atoms with Gasteiger partial charge in [0, 0.05) is 34.8 Å². The molecule has 1 aromatic carbocycles. The molecule has 1 aliphatic carbocycles. The standard InChI is InChI=1S/C13H10ClFN2S/c14-10-2-1-7(15)3-8(10)13-4-9(13)11-5-16-12(18)17(11)6-13/h1-3,5,9H,4,6H2,(H,16,18)/t9?,13-/m1/s1. The average Bonchev–Trinajstić information content (AvgIpc) is 2.82. The van der Waals surface area contributed by atoms with Gasteiger partial charge in [-0.25, -0.2) is 4.39 Å². The summed E-state index contributed by atoms with van der Waals surface area (Å²) in [6, 6.07) is 4.62. The van der Waals surface area contributed by atoms with Gasteiger partial charge in [-0.3, -0.25) is 0 Å². The van der Waals surface area contributed by atoms with Gasteiger partial charge in [0.1, 0.15) is 5.82 Å². The lowest BCUT2D eigenvalue weighted by atomic mass is 9.94. The SMILES string of the molecule is Fc1ccc(Cl)c([C@]23CC2c2c[nH]c(=S)n2C3)c1. The zero-order chi connectivity index (χ0) is 12.5. The van der Waals surface area contributed by atoms with E-state index in [9.17, 15) is 4.39 Å². The third-order valence-electron chi connectivity index (χ3n) is 4.24. The van der Waals surface area contributed by atoms with Gasteiger partial charge >= 0.3 is 0 Å². The van der Waals surface area contributed by atoms with Crippen LogP contribution in [-0.4, -0.2) is 9.55 Å². The Labute approximate surface area is 113 Å². The van der Waals surface area contributed by atoms with Crippen LogP contribution in [0.25, 0.3) is 0 Å². The quantitative estimate of drug-likeness (QED) is 0.789. The molecule has 1 unspecified atom stereocenters. The van der Waals surface area contributed by atoms with E-state index < -0.39 is 0 Å². The van der Waals surface area contributed by atoms with Crippen LogP contribution in [0.4, 0.5) is 4.39 Å². The van der Waals surface area contributed by atoms with E-state index in [4.69, 9.17) is 23.8 Å². The first-order valence-corrected chi connectivity index (χ1v) is 6.64. The molecule has 2 nitrogen and oxygen atoms in total. The lowest BCUT2D eigenvalue weighted by Crippen LogP contribution is -2.13. The number of halogens is 2. The van der Waals surface area contributed by atoms with E-state index in [2.05, 4.69) is 9.55 Å². The highest BCUT2D eigenvalue weighted by Gasteiger charge is 2.62. The molecule has 4 rings (SSSR count). The first-order valence-electron chi connectivity index (χ1n) is 5.85. The summed E-state index contributed by atoms with van der Waals surface area (Å²) in [7, 11) is 0. The number of H-pyrrole nitrogens is 1. The monoisotopic (exact) mass is 280 g/mol. The van der Waals surface area contributed by atoms with E-state index in [0.29, 0.717) is 10.9 Å². The molecule has 18 heavy (non-hydrogen) atoms. The number of aromatic nitrogens is 2. The molecule has 2 atom stereocenters. The minimum atomic E-state index is -0.226. The Morgan fingerprint density at radius 3 is 3.11 bits per heavy atom. The number of imidazole rings is 1. The van der Waals surface area contributed by atoms with Gasteiger partial charge in [0.2, 0.25) is 0 Å². The van der Waals surface area contributed by atoms with E-state index in [1.54, 1.807) is 12.1 Å². The third-order valence-corrected chi connectivity index (χ3v) is 4.91. The molecule has 1 aromatic heterocycles. The van der Waals surface area contributed by atoms with Crippen molar-refractivity contribution in [2.24, 2.45) is 0 Å². The maximum absolute atomic E-state index is 13.4. The molecule has 1 saturated carbocycles. The zero-order valence-corrected chi connectivity index (χ0v) is 11.0. The summed E-state index contributed by atoms with van der Waals surface area (Å²) >= 11 is 11.5. The van der Waals surface area contributed by atoms with Crippen LogP contribution < -0.4 is 0 Å². The van der Waals surface area contributed by atoms with Crippen LogP contribution in [0.3, 0.4) is 0 Å². The fraction of sp³-hybridized carbons (Fsp3) is 0.308. The van der Waals surface area contributed by atoms with E-state index >= 15 is 0 Å². The predicted molar refractivity (Wildman–Crippen MR) is 70.1 cm³/mol. The Morgan fingerprint density at radius 2 is 2.33 bits per heavy atom. The summed E-state index contributed by atoms with van der Waals surface area (Å²) in [5.41, 5.74) is 2.12. The summed E-state index contributed by atoms with van der Waals surface area (Å²) in [5, 5.41) is 0.652. The van der Waals surface area contributed by atoms with Gasteiger partial charge in [-0.05, 0) is 42.4 Å². The lowest BCUT2D eigenvalue weighted by molar-refractivity contribution is 0.570. The second-order valence-corrected chi connectivity index (χ2v) is 5.94. The van der Waals surface area contributed by atoms with Gasteiger partial charge in [0.15, 0.2) is 4.77 Å². The number of hydrogen-bond acceptors (Lipinski definition) is 1. The fourth-order valence-corrected chi connectivity index (χ4v) is 3.81. The molecule has 0 saturated heterocycles. The number of fused-ring (bicyclic) bond motifs is 3. The summed E-state index contributed by atoms with van der Waals surface area (Å²) < 4.78 is 16.3. The third kappa shape index (κ3) is 1.20. The molecule has 92 valence electrons. The molecule has 5 heteroatoms. The molecule has 2 heterocycles. The van der Waals surface area contributed by atoms with Gasteiger partial charge in [0.05, 0.1) is 0 Å². The summed E-state index contributed by atoms with van der Waals surface area (Å²) in [5.74, 6) is 0.195. The van der Waals surface area contributed by atoms with Crippen molar-refractivity contribution in [3.8, 4) is 0 Å². The number of benzene rings is 1. The Kier molecular flexibility index (Phi) is 1.94. The van der Waals surface area contributed by atoms with Gasteiger partial charge in [-0.2, -0.15) is 0 Å². The van der Waals surface area contributed by atoms with Crippen LogP contribution in [-0.2, 0) is 12.0 Å². The fourth-order valence-electron chi connectivity index (χ4n) is 3.27. The van der Waals surface area contributed by atoms with Crippen molar-refractivity contribution in [3.05, 3.63) is 51.3 Å².